The second-order valence-electron chi connectivity index (χ2n) is 5.28. The number of sulfonamides is 1. The third-order valence-electron chi connectivity index (χ3n) is 3.05. The molecule has 1 amide bonds. The van der Waals surface area contributed by atoms with E-state index in [0.717, 1.165) is 0 Å². The van der Waals surface area contributed by atoms with Gasteiger partial charge in [0.1, 0.15) is 11.8 Å². The molecule has 1 heterocycles. The molecule has 0 fully saturated rings. The van der Waals surface area contributed by atoms with Gasteiger partial charge in [-0.1, -0.05) is 16.8 Å². The lowest BCUT2D eigenvalue weighted by atomic mass is 10.4. The molecule has 2 N–H and O–H groups in total. The number of amides is 1. The molecule has 9 nitrogen and oxygen atoms in total. The van der Waals surface area contributed by atoms with Gasteiger partial charge in [0.25, 0.3) is 5.91 Å². The van der Waals surface area contributed by atoms with Crippen molar-refractivity contribution in [3.05, 3.63) is 41.1 Å². The van der Waals surface area contributed by atoms with E-state index in [1.54, 1.807) is 6.92 Å². The van der Waals surface area contributed by atoms with E-state index < -0.39 is 34.5 Å². The molecule has 11 heteroatoms. The molecule has 0 aliphatic carbocycles. The van der Waals surface area contributed by atoms with E-state index in [4.69, 9.17) is 20.9 Å². The predicted molar refractivity (Wildman–Crippen MR) is 92.1 cm³/mol. The zero-order valence-corrected chi connectivity index (χ0v) is 15.4. The zero-order valence-electron chi connectivity index (χ0n) is 13.9. The minimum absolute atomic E-state index is 0.0549. The summed E-state index contributed by atoms with van der Waals surface area (Å²) in [7, 11) is -3.94. The molecule has 1 aromatic heterocycles. The van der Waals surface area contributed by atoms with Gasteiger partial charge in [-0.05, 0) is 38.1 Å². The molecule has 0 bridgehead atoms. The number of nitrogens with one attached hydrogen (secondary N) is 2. The third-order valence-corrected chi connectivity index (χ3v) is 4.86. The van der Waals surface area contributed by atoms with Gasteiger partial charge in [-0.25, -0.2) is 8.42 Å². The van der Waals surface area contributed by atoms with E-state index in [2.05, 4.69) is 15.2 Å². The molecule has 1 atom stereocenters. The van der Waals surface area contributed by atoms with Gasteiger partial charge in [-0.15, -0.1) is 0 Å². The van der Waals surface area contributed by atoms with Gasteiger partial charge in [0.05, 0.1) is 4.90 Å². The molecule has 0 radical (unpaired) electrons. The number of ether oxygens (including phenoxy) is 1. The van der Waals surface area contributed by atoms with E-state index in [-0.39, 0.29) is 10.7 Å². The topological polar surface area (TPSA) is 128 Å². The van der Waals surface area contributed by atoms with Crippen LogP contribution < -0.4 is 10.0 Å². The highest BCUT2D eigenvalue weighted by molar-refractivity contribution is 7.89. The van der Waals surface area contributed by atoms with Crippen molar-refractivity contribution < 1.29 is 27.3 Å². The fraction of sp³-hybridized carbons (Fsp3) is 0.267. The van der Waals surface area contributed by atoms with Gasteiger partial charge < -0.3 is 14.6 Å². The highest BCUT2D eigenvalue weighted by Crippen LogP contribution is 2.14. The SMILES string of the molecule is Cc1cc(NC(=O)COC(=O)C(C)NS(=O)(=O)c2ccc(Cl)cc2)no1. The lowest BCUT2D eigenvalue weighted by Crippen LogP contribution is -2.40. The summed E-state index contributed by atoms with van der Waals surface area (Å²) < 4.78 is 36.1. The average molecular weight is 402 g/mol. The normalized spacial score (nSPS) is 12.4. The Bertz CT molecular complexity index is 894. The maximum Gasteiger partial charge on any atom is 0.324 e. The van der Waals surface area contributed by atoms with E-state index in [1.807, 2.05) is 0 Å². The Hall–Kier alpha value is -2.43. The number of carbonyl (C=O) groups excluding carboxylic acids is 2. The quantitative estimate of drug-likeness (QED) is 0.672. The van der Waals surface area contributed by atoms with E-state index in [1.165, 1.54) is 37.3 Å². The maximum absolute atomic E-state index is 12.2. The number of nitrogens with zero attached hydrogens (tertiary/aromatic N) is 1. The summed E-state index contributed by atoms with van der Waals surface area (Å²) in [6, 6.07) is 5.72. The van der Waals surface area contributed by atoms with Gasteiger partial charge >= 0.3 is 5.97 Å². The summed E-state index contributed by atoms with van der Waals surface area (Å²) in [4.78, 5) is 23.5. The van der Waals surface area contributed by atoms with Gasteiger partial charge in [0, 0.05) is 11.1 Å². The Labute approximate surface area is 154 Å². The number of hydrogen-bond donors (Lipinski definition) is 2. The second kappa shape index (κ2) is 8.30. The van der Waals surface area contributed by atoms with Crippen molar-refractivity contribution in [3.8, 4) is 0 Å². The van der Waals surface area contributed by atoms with Crippen molar-refractivity contribution in [2.45, 2.75) is 24.8 Å². The Morgan fingerprint density at radius 2 is 1.96 bits per heavy atom. The van der Waals surface area contributed by atoms with Crippen molar-refractivity contribution in [2.75, 3.05) is 11.9 Å². The number of rotatable bonds is 7. The predicted octanol–water partition coefficient (Wildman–Crippen LogP) is 1.49. The first kappa shape index (κ1) is 19.9. The molecular formula is C15H16ClN3O6S. The smallest absolute Gasteiger partial charge is 0.324 e. The second-order valence-corrected chi connectivity index (χ2v) is 7.43. The largest absolute Gasteiger partial charge is 0.454 e. The van der Waals surface area contributed by atoms with Crippen molar-refractivity contribution in [3.63, 3.8) is 0 Å². The van der Waals surface area contributed by atoms with E-state index in [0.29, 0.717) is 10.8 Å². The van der Waals surface area contributed by atoms with Gasteiger partial charge in [-0.3, -0.25) is 9.59 Å². The van der Waals surface area contributed by atoms with Gasteiger partial charge in [0.15, 0.2) is 12.4 Å². The van der Waals surface area contributed by atoms with Gasteiger partial charge in [0.2, 0.25) is 10.0 Å². The number of aromatic nitrogens is 1. The molecular weight excluding hydrogens is 386 g/mol. The first-order valence-corrected chi connectivity index (χ1v) is 9.21. The third kappa shape index (κ3) is 5.55. The molecule has 140 valence electrons. The molecule has 0 aliphatic rings. The van der Waals surface area contributed by atoms with Crippen LogP contribution in [0.3, 0.4) is 0 Å². The van der Waals surface area contributed by atoms with Crippen molar-refractivity contribution in [1.29, 1.82) is 0 Å². The van der Waals surface area contributed by atoms with Crippen LogP contribution in [-0.2, 0) is 24.3 Å². The fourth-order valence-electron chi connectivity index (χ4n) is 1.83. The summed E-state index contributed by atoms with van der Waals surface area (Å²) >= 11 is 5.71. The van der Waals surface area contributed by atoms with Crippen LogP contribution in [0.15, 0.2) is 39.8 Å². The Morgan fingerprint density at radius 3 is 2.54 bits per heavy atom. The summed E-state index contributed by atoms with van der Waals surface area (Å²) in [5.41, 5.74) is 0. The highest BCUT2D eigenvalue weighted by atomic mass is 35.5. The zero-order chi connectivity index (χ0) is 19.3. The Kier molecular flexibility index (Phi) is 6.35. The monoisotopic (exact) mass is 401 g/mol. The van der Waals surface area contributed by atoms with Crippen LogP contribution in [0, 0.1) is 6.92 Å². The Balaban J connectivity index is 1.86. The molecule has 2 rings (SSSR count). The summed E-state index contributed by atoms with van der Waals surface area (Å²) in [6.45, 7) is 2.35. The number of benzene rings is 1. The van der Waals surface area contributed by atoms with E-state index >= 15 is 0 Å². The van der Waals surface area contributed by atoms with Crippen molar-refractivity contribution in [2.24, 2.45) is 0 Å². The van der Waals surface area contributed by atoms with E-state index in [9.17, 15) is 18.0 Å². The summed E-state index contributed by atoms with van der Waals surface area (Å²) in [5, 5.41) is 6.30. The molecule has 0 aliphatic heterocycles. The van der Waals surface area contributed by atoms with Crippen LogP contribution in [0.4, 0.5) is 5.82 Å². The highest BCUT2D eigenvalue weighted by Gasteiger charge is 2.23. The molecule has 0 saturated carbocycles. The molecule has 0 saturated heterocycles. The lowest BCUT2D eigenvalue weighted by molar-refractivity contribution is -0.148. The first-order chi connectivity index (χ1) is 12.2. The molecule has 1 aromatic carbocycles. The van der Waals surface area contributed by atoms with Crippen LogP contribution in [0.2, 0.25) is 5.02 Å². The summed E-state index contributed by atoms with van der Waals surface area (Å²) in [6.07, 6.45) is 0. The lowest BCUT2D eigenvalue weighted by Gasteiger charge is -2.13. The Morgan fingerprint density at radius 1 is 1.31 bits per heavy atom. The number of halogens is 1. The number of aryl methyl sites for hydroxylation is 1. The molecule has 2 aromatic rings. The molecule has 0 spiro atoms. The fourth-order valence-corrected chi connectivity index (χ4v) is 3.15. The molecule has 1 unspecified atom stereocenters. The summed E-state index contributed by atoms with van der Waals surface area (Å²) in [5.74, 6) is -0.865. The van der Waals surface area contributed by atoms with Crippen LogP contribution in [0.1, 0.15) is 12.7 Å². The van der Waals surface area contributed by atoms with Crippen LogP contribution in [0.25, 0.3) is 0 Å². The number of hydrogen-bond acceptors (Lipinski definition) is 7. The minimum atomic E-state index is -3.94. The number of anilines is 1. The van der Waals surface area contributed by atoms with Crippen LogP contribution >= 0.6 is 11.6 Å². The standard InChI is InChI=1S/C15H16ClN3O6S/c1-9-7-13(18-25-9)17-14(20)8-24-15(21)10(2)19-26(22,23)12-5-3-11(16)4-6-12/h3-7,10,19H,8H2,1-2H3,(H,17,18,20). The maximum atomic E-state index is 12.2. The van der Waals surface area contributed by atoms with Crippen LogP contribution in [0.5, 0.6) is 0 Å². The van der Waals surface area contributed by atoms with Crippen molar-refractivity contribution >= 4 is 39.3 Å². The minimum Gasteiger partial charge on any atom is -0.454 e. The van der Waals surface area contributed by atoms with Gasteiger partial charge in [-0.2, -0.15) is 4.72 Å². The first-order valence-electron chi connectivity index (χ1n) is 7.35. The van der Waals surface area contributed by atoms with Crippen molar-refractivity contribution in [1.82, 2.24) is 9.88 Å². The average Bonchev–Trinajstić information content (AvgIpc) is 2.97. The molecule has 26 heavy (non-hydrogen) atoms. The number of carbonyl (C=O) groups is 2. The van der Waals surface area contributed by atoms with Crippen LogP contribution in [-0.4, -0.2) is 38.1 Å². The number of esters is 1.